The number of aryl methyl sites for hydroxylation is 1. The Morgan fingerprint density at radius 2 is 1.74 bits per heavy atom. The lowest BCUT2D eigenvalue weighted by Crippen LogP contribution is -2.35. The second-order valence-electron chi connectivity index (χ2n) is 8.34. The van der Waals surface area contributed by atoms with E-state index in [1.54, 1.807) is 13.0 Å². The highest BCUT2D eigenvalue weighted by molar-refractivity contribution is 5.93. The topological polar surface area (TPSA) is 71.8 Å². The monoisotopic (exact) mass is 465 g/mol. The van der Waals surface area contributed by atoms with Gasteiger partial charge in [-0.2, -0.15) is 4.98 Å². The van der Waals surface area contributed by atoms with Crippen LogP contribution >= 0.6 is 0 Å². The van der Waals surface area contributed by atoms with Gasteiger partial charge in [0, 0.05) is 23.1 Å². The SMILES string of the molecule is Cc1cc(F)ccc1-c1nc(NC2CCNCC2)nc2c1ccc(=O)n2-c1c(F)cccc1F. The number of hydrogen-bond donors (Lipinski definition) is 2. The number of nitrogens with one attached hydrogen (secondary N) is 2. The highest BCUT2D eigenvalue weighted by atomic mass is 19.1. The van der Waals surface area contributed by atoms with Gasteiger partial charge in [0.2, 0.25) is 5.95 Å². The fraction of sp³-hybridized carbons (Fsp3) is 0.240. The molecule has 1 aliphatic heterocycles. The molecule has 174 valence electrons. The standard InChI is InChI=1S/C25H22F3N5O/c1-14-13-15(26)5-6-17(14)22-18-7-8-21(34)33(23-19(27)3-2-4-20(23)28)24(18)32-25(31-22)30-16-9-11-29-12-10-16/h2-8,13,16,29H,9-12H2,1H3,(H,30,31,32). The van der Waals surface area contributed by atoms with Gasteiger partial charge in [0.25, 0.3) is 5.56 Å². The zero-order chi connectivity index (χ0) is 23.8. The number of piperidine rings is 1. The maximum Gasteiger partial charge on any atom is 0.256 e. The van der Waals surface area contributed by atoms with Crippen LogP contribution in [0, 0.1) is 24.4 Å². The van der Waals surface area contributed by atoms with Gasteiger partial charge in [0.05, 0.1) is 5.69 Å². The summed E-state index contributed by atoms with van der Waals surface area (Å²) in [5.74, 6) is -1.94. The van der Waals surface area contributed by atoms with Crippen molar-refractivity contribution in [2.24, 2.45) is 0 Å². The Morgan fingerprint density at radius 1 is 1.00 bits per heavy atom. The fourth-order valence-electron chi connectivity index (χ4n) is 4.35. The summed E-state index contributed by atoms with van der Waals surface area (Å²) < 4.78 is 44.2. The molecule has 1 saturated heterocycles. The molecule has 0 amide bonds. The van der Waals surface area contributed by atoms with Crippen LogP contribution in [0.15, 0.2) is 53.3 Å². The third kappa shape index (κ3) is 4.03. The van der Waals surface area contributed by atoms with E-state index >= 15 is 0 Å². The summed E-state index contributed by atoms with van der Waals surface area (Å²) in [7, 11) is 0. The number of nitrogens with zero attached hydrogens (tertiary/aromatic N) is 3. The molecule has 34 heavy (non-hydrogen) atoms. The number of halogens is 3. The van der Waals surface area contributed by atoms with Crippen molar-refractivity contribution in [1.82, 2.24) is 19.9 Å². The van der Waals surface area contributed by atoms with Crippen molar-refractivity contribution in [1.29, 1.82) is 0 Å². The van der Waals surface area contributed by atoms with Gasteiger partial charge >= 0.3 is 0 Å². The first-order valence-corrected chi connectivity index (χ1v) is 11.0. The summed E-state index contributed by atoms with van der Waals surface area (Å²) in [5, 5.41) is 7.00. The lowest BCUT2D eigenvalue weighted by molar-refractivity contribution is 0.477. The number of anilines is 1. The second kappa shape index (κ2) is 8.90. The molecule has 0 saturated carbocycles. The molecule has 0 aliphatic carbocycles. The summed E-state index contributed by atoms with van der Waals surface area (Å²) in [4.78, 5) is 22.1. The first-order valence-electron chi connectivity index (χ1n) is 11.0. The van der Waals surface area contributed by atoms with E-state index in [1.807, 2.05) is 0 Å². The zero-order valence-corrected chi connectivity index (χ0v) is 18.4. The van der Waals surface area contributed by atoms with Crippen LogP contribution in [0.5, 0.6) is 0 Å². The Labute approximate surface area is 193 Å². The average Bonchev–Trinajstić information content (AvgIpc) is 2.80. The first kappa shape index (κ1) is 22.1. The van der Waals surface area contributed by atoms with Crippen molar-refractivity contribution in [3.63, 3.8) is 0 Å². The molecule has 0 radical (unpaired) electrons. The van der Waals surface area contributed by atoms with E-state index in [1.165, 1.54) is 30.3 Å². The van der Waals surface area contributed by atoms with E-state index in [4.69, 9.17) is 4.98 Å². The minimum Gasteiger partial charge on any atom is -0.351 e. The molecular weight excluding hydrogens is 443 g/mol. The lowest BCUT2D eigenvalue weighted by Gasteiger charge is -2.24. The molecule has 0 bridgehead atoms. The molecule has 0 atom stereocenters. The van der Waals surface area contributed by atoms with Crippen molar-refractivity contribution in [2.45, 2.75) is 25.8 Å². The van der Waals surface area contributed by atoms with Crippen LogP contribution < -0.4 is 16.2 Å². The van der Waals surface area contributed by atoms with Gasteiger partial charge in [-0.3, -0.25) is 9.36 Å². The van der Waals surface area contributed by atoms with E-state index < -0.39 is 28.7 Å². The predicted octanol–water partition coefficient (Wildman–Crippen LogP) is 4.34. The number of rotatable bonds is 4. The minimum atomic E-state index is -0.888. The first-order chi connectivity index (χ1) is 16.4. The molecule has 0 unspecified atom stereocenters. The van der Waals surface area contributed by atoms with Crippen LogP contribution in [-0.2, 0) is 0 Å². The molecule has 3 heterocycles. The van der Waals surface area contributed by atoms with E-state index in [9.17, 15) is 18.0 Å². The summed E-state index contributed by atoms with van der Waals surface area (Å²) >= 11 is 0. The van der Waals surface area contributed by atoms with Crippen molar-refractivity contribution in [3.05, 3.63) is 81.9 Å². The Hall–Kier alpha value is -3.72. The van der Waals surface area contributed by atoms with Crippen molar-refractivity contribution >= 4 is 17.0 Å². The third-order valence-corrected chi connectivity index (χ3v) is 6.03. The molecule has 5 rings (SSSR count). The van der Waals surface area contributed by atoms with Crippen LogP contribution in [-0.4, -0.2) is 33.7 Å². The lowest BCUT2D eigenvalue weighted by atomic mass is 10.0. The van der Waals surface area contributed by atoms with Gasteiger partial charge in [-0.1, -0.05) is 6.07 Å². The highest BCUT2D eigenvalue weighted by Crippen LogP contribution is 2.31. The van der Waals surface area contributed by atoms with Gasteiger partial charge in [-0.25, -0.2) is 18.2 Å². The molecule has 4 aromatic rings. The molecule has 6 nitrogen and oxygen atoms in total. The summed E-state index contributed by atoms with van der Waals surface area (Å²) in [6.45, 7) is 3.42. The normalized spacial score (nSPS) is 14.5. The number of pyridine rings is 1. The van der Waals surface area contributed by atoms with E-state index in [2.05, 4.69) is 15.6 Å². The number of aromatic nitrogens is 3. The summed E-state index contributed by atoms with van der Waals surface area (Å²) in [6.07, 6.45) is 1.69. The average molecular weight is 465 g/mol. The molecule has 2 aromatic carbocycles. The Morgan fingerprint density at radius 3 is 2.44 bits per heavy atom. The Balaban J connectivity index is 1.81. The zero-order valence-electron chi connectivity index (χ0n) is 18.4. The molecule has 9 heteroatoms. The Bertz CT molecular complexity index is 1430. The molecule has 1 aliphatic rings. The molecule has 2 aromatic heterocycles. The highest BCUT2D eigenvalue weighted by Gasteiger charge is 2.21. The maximum absolute atomic E-state index is 14.7. The number of fused-ring (bicyclic) bond motifs is 1. The van der Waals surface area contributed by atoms with Crippen molar-refractivity contribution < 1.29 is 13.2 Å². The Kier molecular flexibility index (Phi) is 5.79. The third-order valence-electron chi connectivity index (χ3n) is 6.03. The number of hydrogen-bond acceptors (Lipinski definition) is 5. The van der Waals surface area contributed by atoms with Gasteiger partial charge in [-0.05, 0) is 74.8 Å². The van der Waals surface area contributed by atoms with Crippen LogP contribution in [0.2, 0.25) is 0 Å². The summed E-state index contributed by atoms with van der Waals surface area (Å²) in [6, 6.07) is 10.6. The van der Waals surface area contributed by atoms with E-state index in [-0.39, 0.29) is 17.6 Å². The van der Waals surface area contributed by atoms with Crippen LogP contribution in [0.4, 0.5) is 19.1 Å². The van der Waals surface area contributed by atoms with Gasteiger partial charge in [0.15, 0.2) is 5.65 Å². The van der Waals surface area contributed by atoms with Crippen LogP contribution in [0.3, 0.4) is 0 Å². The van der Waals surface area contributed by atoms with E-state index in [0.717, 1.165) is 42.6 Å². The van der Waals surface area contributed by atoms with Crippen LogP contribution in [0.25, 0.3) is 28.0 Å². The van der Waals surface area contributed by atoms with Crippen molar-refractivity contribution in [3.8, 4) is 16.9 Å². The molecule has 2 N–H and O–H groups in total. The number of para-hydroxylation sites is 1. The quantitative estimate of drug-likeness (QED) is 0.469. The predicted molar refractivity (Wildman–Crippen MR) is 125 cm³/mol. The van der Waals surface area contributed by atoms with Crippen molar-refractivity contribution in [2.75, 3.05) is 18.4 Å². The largest absolute Gasteiger partial charge is 0.351 e. The van der Waals surface area contributed by atoms with Gasteiger partial charge in [-0.15, -0.1) is 0 Å². The fourth-order valence-corrected chi connectivity index (χ4v) is 4.35. The van der Waals surface area contributed by atoms with Crippen LogP contribution in [0.1, 0.15) is 18.4 Å². The van der Waals surface area contributed by atoms with Gasteiger partial charge < -0.3 is 10.6 Å². The molecular formula is C25H22F3N5O. The second-order valence-corrected chi connectivity index (χ2v) is 8.34. The minimum absolute atomic E-state index is 0.0571. The van der Waals surface area contributed by atoms with E-state index in [0.29, 0.717) is 22.2 Å². The maximum atomic E-state index is 14.7. The molecule has 0 spiro atoms. The number of benzene rings is 2. The van der Waals surface area contributed by atoms with Gasteiger partial charge in [0.1, 0.15) is 23.1 Å². The smallest absolute Gasteiger partial charge is 0.256 e. The molecule has 1 fully saturated rings. The summed E-state index contributed by atoms with van der Waals surface area (Å²) in [5.41, 5.74) is 0.603.